The van der Waals surface area contributed by atoms with Crippen molar-refractivity contribution in [1.82, 2.24) is 0 Å². The molecule has 2 aromatic rings. The quantitative estimate of drug-likeness (QED) is 0.870. The van der Waals surface area contributed by atoms with Crippen molar-refractivity contribution < 1.29 is 4.74 Å². The zero-order chi connectivity index (χ0) is 11.5. The molecule has 2 nitrogen and oxygen atoms in total. The molecule has 2 rings (SSSR count). The number of ether oxygens (including phenoxy) is 1. The van der Waals surface area contributed by atoms with E-state index in [0.29, 0.717) is 6.61 Å². The van der Waals surface area contributed by atoms with E-state index in [9.17, 15) is 0 Å². The van der Waals surface area contributed by atoms with E-state index >= 15 is 0 Å². The van der Waals surface area contributed by atoms with Crippen molar-refractivity contribution in [3.63, 3.8) is 0 Å². The molecule has 0 radical (unpaired) electrons. The maximum Gasteiger partial charge on any atom is 0.124 e. The molecule has 0 aliphatic rings. The molecule has 1 heterocycles. The molecular formula is C12H12BrNOS. The summed E-state index contributed by atoms with van der Waals surface area (Å²) in [6.45, 7) is 2.55. The van der Waals surface area contributed by atoms with Crippen molar-refractivity contribution in [1.29, 1.82) is 0 Å². The standard InChI is InChI=1S/C12H12BrNOS/c1-8-11(14)3-2-4-12(8)15-6-10-5-9(13)7-16-10/h2-5,7H,6,14H2,1H3. The van der Waals surface area contributed by atoms with E-state index in [1.54, 1.807) is 11.3 Å². The number of anilines is 1. The number of thiophene rings is 1. The van der Waals surface area contributed by atoms with Crippen molar-refractivity contribution in [2.75, 3.05) is 5.73 Å². The van der Waals surface area contributed by atoms with Crippen LogP contribution in [-0.2, 0) is 6.61 Å². The van der Waals surface area contributed by atoms with E-state index in [1.165, 1.54) is 4.88 Å². The molecule has 0 spiro atoms. The Bertz CT molecular complexity index is 496. The lowest BCUT2D eigenvalue weighted by Gasteiger charge is -2.09. The van der Waals surface area contributed by atoms with E-state index < -0.39 is 0 Å². The summed E-state index contributed by atoms with van der Waals surface area (Å²) in [5, 5.41) is 2.05. The highest BCUT2D eigenvalue weighted by Gasteiger charge is 2.03. The van der Waals surface area contributed by atoms with Crippen LogP contribution in [0.1, 0.15) is 10.4 Å². The van der Waals surface area contributed by atoms with E-state index in [0.717, 1.165) is 21.5 Å². The molecule has 0 saturated heterocycles. The minimum atomic E-state index is 0.584. The molecule has 0 bridgehead atoms. The number of nitrogen functional groups attached to an aromatic ring is 1. The number of benzene rings is 1. The van der Waals surface area contributed by atoms with Crippen molar-refractivity contribution in [3.05, 3.63) is 44.6 Å². The molecular weight excluding hydrogens is 286 g/mol. The Hall–Kier alpha value is -1.000. The first-order valence-corrected chi connectivity index (χ1v) is 6.55. The Balaban J connectivity index is 2.07. The topological polar surface area (TPSA) is 35.2 Å². The lowest BCUT2D eigenvalue weighted by atomic mass is 10.2. The van der Waals surface area contributed by atoms with Gasteiger partial charge in [-0.25, -0.2) is 0 Å². The largest absolute Gasteiger partial charge is 0.488 e. The van der Waals surface area contributed by atoms with Gasteiger partial charge in [-0.3, -0.25) is 0 Å². The predicted octanol–water partition coefficient (Wildman–Crippen LogP) is 3.98. The first kappa shape index (κ1) is 11.5. The van der Waals surface area contributed by atoms with Gasteiger partial charge in [0.2, 0.25) is 0 Å². The highest BCUT2D eigenvalue weighted by atomic mass is 79.9. The maximum atomic E-state index is 5.81. The highest BCUT2D eigenvalue weighted by molar-refractivity contribution is 9.10. The number of halogens is 1. The summed E-state index contributed by atoms with van der Waals surface area (Å²) in [4.78, 5) is 1.19. The second kappa shape index (κ2) is 4.89. The Kier molecular flexibility index (Phi) is 3.51. The van der Waals surface area contributed by atoms with Gasteiger partial charge < -0.3 is 10.5 Å². The molecule has 0 aliphatic carbocycles. The van der Waals surface area contributed by atoms with Crippen LogP contribution >= 0.6 is 27.3 Å². The van der Waals surface area contributed by atoms with E-state index in [1.807, 2.05) is 30.5 Å². The van der Waals surface area contributed by atoms with Gasteiger partial charge in [0.15, 0.2) is 0 Å². The van der Waals surface area contributed by atoms with Crippen LogP contribution in [0.15, 0.2) is 34.1 Å². The fraction of sp³-hybridized carbons (Fsp3) is 0.167. The molecule has 2 N–H and O–H groups in total. The van der Waals surface area contributed by atoms with Gasteiger partial charge in [-0.05, 0) is 41.1 Å². The third-order valence-electron chi connectivity index (χ3n) is 2.32. The van der Waals surface area contributed by atoms with Gasteiger partial charge in [0, 0.05) is 26.0 Å². The Morgan fingerprint density at radius 1 is 1.44 bits per heavy atom. The van der Waals surface area contributed by atoms with Crippen molar-refractivity contribution in [3.8, 4) is 5.75 Å². The highest BCUT2D eigenvalue weighted by Crippen LogP contribution is 2.25. The van der Waals surface area contributed by atoms with Crippen LogP contribution in [0.25, 0.3) is 0 Å². The van der Waals surface area contributed by atoms with Crippen LogP contribution in [0.2, 0.25) is 0 Å². The second-order valence-corrected chi connectivity index (χ2v) is 5.40. The van der Waals surface area contributed by atoms with Crippen molar-refractivity contribution >= 4 is 33.0 Å². The zero-order valence-corrected chi connectivity index (χ0v) is 11.3. The summed E-state index contributed by atoms with van der Waals surface area (Å²) < 4.78 is 6.82. The predicted molar refractivity (Wildman–Crippen MR) is 71.9 cm³/mol. The number of hydrogen-bond acceptors (Lipinski definition) is 3. The summed E-state index contributed by atoms with van der Waals surface area (Å²) in [6, 6.07) is 7.78. The smallest absolute Gasteiger partial charge is 0.124 e. The van der Waals surface area contributed by atoms with Crippen LogP contribution in [0, 0.1) is 6.92 Å². The van der Waals surface area contributed by atoms with Crippen molar-refractivity contribution in [2.24, 2.45) is 0 Å². The molecule has 0 saturated carbocycles. The summed E-state index contributed by atoms with van der Waals surface area (Å²) in [5.41, 5.74) is 7.58. The molecule has 0 amide bonds. The van der Waals surface area contributed by atoms with Crippen LogP contribution < -0.4 is 10.5 Å². The summed E-state index contributed by atoms with van der Waals surface area (Å²) in [7, 11) is 0. The van der Waals surface area contributed by atoms with Crippen LogP contribution in [-0.4, -0.2) is 0 Å². The van der Waals surface area contributed by atoms with E-state index in [4.69, 9.17) is 10.5 Å². The summed E-state index contributed by atoms with van der Waals surface area (Å²) in [6.07, 6.45) is 0. The van der Waals surface area contributed by atoms with Gasteiger partial charge in [0.05, 0.1) is 0 Å². The first-order valence-electron chi connectivity index (χ1n) is 4.87. The molecule has 0 unspecified atom stereocenters. The fourth-order valence-corrected chi connectivity index (χ4v) is 2.73. The average molecular weight is 298 g/mol. The van der Waals surface area contributed by atoms with Crippen molar-refractivity contribution in [2.45, 2.75) is 13.5 Å². The average Bonchev–Trinajstić information content (AvgIpc) is 2.67. The van der Waals surface area contributed by atoms with E-state index in [2.05, 4.69) is 22.0 Å². The third kappa shape index (κ3) is 2.57. The number of hydrogen-bond donors (Lipinski definition) is 1. The van der Waals surface area contributed by atoms with Gasteiger partial charge in [0.25, 0.3) is 0 Å². The van der Waals surface area contributed by atoms with E-state index in [-0.39, 0.29) is 0 Å². The zero-order valence-electron chi connectivity index (χ0n) is 8.87. The third-order valence-corrected chi connectivity index (χ3v) is 3.99. The first-order chi connectivity index (χ1) is 7.66. The minimum Gasteiger partial charge on any atom is -0.488 e. The molecule has 0 atom stereocenters. The fourth-order valence-electron chi connectivity index (χ4n) is 1.37. The molecule has 0 fully saturated rings. The van der Waals surface area contributed by atoms with Crippen LogP contribution in [0.4, 0.5) is 5.69 Å². The normalized spacial score (nSPS) is 10.4. The van der Waals surface area contributed by atoms with Crippen LogP contribution in [0.5, 0.6) is 5.75 Å². The molecule has 1 aromatic heterocycles. The molecule has 4 heteroatoms. The van der Waals surface area contributed by atoms with Gasteiger partial charge in [-0.2, -0.15) is 0 Å². The lowest BCUT2D eigenvalue weighted by Crippen LogP contribution is -1.97. The monoisotopic (exact) mass is 297 g/mol. The van der Waals surface area contributed by atoms with Gasteiger partial charge in [0.1, 0.15) is 12.4 Å². The van der Waals surface area contributed by atoms with Gasteiger partial charge >= 0.3 is 0 Å². The Labute approximate surface area is 107 Å². The maximum absolute atomic E-state index is 5.81. The number of nitrogens with two attached hydrogens (primary N) is 1. The second-order valence-electron chi connectivity index (χ2n) is 3.49. The van der Waals surface area contributed by atoms with Gasteiger partial charge in [-0.1, -0.05) is 6.07 Å². The molecule has 16 heavy (non-hydrogen) atoms. The van der Waals surface area contributed by atoms with Gasteiger partial charge in [-0.15, -0.1) is 11.3 Å². The summed E-state index contributed by atoms with van der Waals surface area (Å²) >= 11 is 5.10. The summed E-state index contributed by atoms with van der Waals surface area (Å²) in [5.74, 6) is 0.851. The Morgan fingerprint density at radius 3 is 2.94 bits per heavy atom. The SMILES string of the molecule is Cc1c(N)cccc1OCc1cc(Br)cs1. The molecule has 1 aromatic carbocycles. The molecule has 84 valence electrons. The minimum absolute atomic E-state index is 0.584. The Morgan fingerprint density at radius 2 is 2.25 bits per heavy atom. The molecule has 0 aliphatic heterocycles. The number of rotatable bonds is 3. The van der Waals surface area contributed by atoms with Crippen LogP contribution in [0.3, 0.4) is 0 Å². The lowest BCUT2D eigenvalue weighted by molar-refractivity contribution is 0.308.